The molecule has 1 unspecified atom stereocenters. The van der Waals surface area contributed by atoms with Crippen LogP contribution in [0, 0.1) is 11.3 Å². The number of morpholine rings is 1. The van der Waals surface area contributed by atoms with Crippen LogP contribution in [-0.4, -0.2) is 47.5 Å². The zero-order valence-electron chi connectivity index (χ0n) is 12.1. The van der Waals surface area contributed by atoms with Crippen molar-refractivity contribution >= 4 is 11.9 Å². The molecule has 20 heavy (non-hydrogen) atoms. The van der Waals surface area contributed by atoms with Crippen LogP contribution in [-0.2, 0) is 16.0 Å². The third-order valence-corrected chi connectivity index (χ3v) is 4.03. The van der Waals surface area contributed by atoms with Gasteiger partial charge in [0.15, 0.2) is 0 Å². The van der Waals surface area contributed by atoms with E-state index in [0.717, 1.165) is 13.1 Å². The van der Waals surface area contributed by atoms with E-state index in [0.29, 0.717) is 25.1 Å². The molecular weight excluding hydrogens is 262 g/mol. The second-order valence-electron chi connectivity index (χ2n) is 5.64. The van der Waals surface area contributed by atoms with E-state index in [9.17, 15) is 9.90 Å². The van der Waals surface area contributed by atoms with Crippen LogP contribution in [0.15, 0.2) is 4.52 Å². The van der Waals surface area contributed by atoms with Gasteiger partial charge in [-0.25, -0.2) is 0 Å². The predicted octanol–water partition coefficient (Wildman–Crippen LogP) is 1.20. The number of hydrogen-bond donors (Lipinski definition) is 1. The molecule has 0 aromatic carbocycles. The molecule has 1 N–H and O–H groups in total. The summed E-state index contributed by atoms with van der Waals surface area (Å²) < 4.78 is 10.5. The topological polar surface area (TPSA) is 88.7 Å². The van der Waals surface area contributed by atoms with E-state index in [4.69, 9.17) is 9.26 Å². The first-order valence-electron chi connectivity index (χ1n) is 6.82. The fourth-order valence-corrected chi connectivity index (χ4v) is 2.05. The van der Waals surface area contributed by atoms with E-state index in [-0.39, 0.29) is 12.3 Å². The van der Waals surface area contributed by atoms with E-state index in [2.05, 4.69) is 10.1 Å². The van der Waals surface area contributed by atoms with Crippen molar-refractivity contribution in [2.45, 2.75) is 27.2 Å². The molecule has 0 saturated carbocycles. The van der Waals surface area contributed by atoms with Gasteiger partial charge in [0, 0.05) is 19.5 Å². The zero-order valence-corrected chi connectivity index (χ0v) is 12.1. The summed E-state index contributed by atoms with van der Waals surface area (Å²) in [4.78, 5) is 17.7. The maximum atomic E-state index is 11.5. The highest BCUT2D eigenvalue weighted by atomic mass is 16.5. The standard InChI is InChI=1S/C13H21N3O4/c1-9(2)13(3,11(17)18)8-10-14-12(15-20-10)16-4-6-19-7-5-16/h9H,4-8H2,1-3H3,(H,17,18). The van der Waals surface area contributed by atoms with Gasteiger partial charge in [0.2, 0.25) is 5.89 Å². The number of hydrogen-bond acceptors (Lipinski definition) is 6. The molecule has 0 radical (unpaired) electrons. The zero-order chi connectivity index (χ0) is 14.8. The summed E-state index contributed by atoms with van der Waals surface area (Å²) in [6, 6.07) is 0. The van der Waals surface area contributed by atoms with Crippen molar-refractivity contribution in [2.75, 3.05) is 31.2 Å². The second kappa shape index (κ2) is 5.78. The Hall–Kier alpha value is -1.63. The van der Waals surface area contributed by atoms with Crippen molar-refractivity contribution in [3.63, 3.8) is 0 Å². The first-order valence-corrected chi connectivity index (χ1v) is 6.82. The van der Waals surface area contributed by atoms with Crippen LogP contribution >= 0.6 is 0 Å². The maximum absolute atomic E-state index is 11.5. The van der Waals surface area contributed by atoms with Gasteiger partial charge in [-0.3, -0.25) is 4.79 Å². The van der Waals surface area contributed by atoms with Gasteiger partial charge in [-0.1, -0.05) is 13.8 Å². The van der Waals surface area contributed by atoms with Gasteiger partial charge in [-0.15, -0.1) is 0 Å². The average Bonchev–Trinajstić information content (AvgIpc) is 2.87. The van der Waals surface area contributed by atoms with Crippen LogP contribution < -0.4 is 4.90 Å². The SMILES string of the molecule is CC(C)C(C)(Cc1nc(N2CCOCC2)no1)C(=O)O. The van der Waals surface area contributed by atoms with Crippen LogP contribution in [0.25, 0.3) is 0 Å². The number of rotatable bonds is 5. The van der Waals surface area contributed by atoms with E-state index in [1.807, 2.05) is 18.7 Å². The molecule has 0 amide bonds. The quantitative estimate of drug-likeness (QED) is 0.868. The Kier molecular flexibility index (Phi) is 4.27. The van der Waals surface area contributed by atoms with Gasteiger partial charge in [0.05, 0.1) is 18.6 Å². The Labute approximate surface area is 117 Å². The minimum absolute atomic E-state index is 0.0289. The molecule has 1 aromatic heterocycles. The number of carbonyl (C=O) groups is 1. The number of aliphatic carboxylic acids is 1. The van der Waals surface area contributed by atoms with Crippen LogP contribution in [0.4, 0.5) is 5.95 Å². The molecule has 1 fully saturated rings. The van der Waals surface area contributed by atoms with Crippen molar-refractivity contribution in [1.82, 2.24) is 10.1 Å². The van der Waals surface area contributed by atoms with Gasteiger partial charge < -0.3 is 19.3 Å². The lowest BCUT2D eigenvalue weighted by Gasteiger charge is -2.27. The minimum atomic E-state index is -0.908. The van der Waals surface area contributed by atoms with E-state index < -0.39 is 11.4 Å². The molecule has 112 valence electrons. The lowest BCUT2D eigenvalue weighted by molar-refractivity contribution is -0.150. The van der Waals surface area contributed by atoms with Gasteiger partial charge in [0.1, 0.15) is 0 Å². The van der Waals surface area contributed by atoms with Gasteiger partial charge in [0.25, 0.3) is 5.95 Å². The van der Waals surface area contributed by atoms with E-state index in [1.165, 1.54) is 0 Å². The summed E-state index contributed by atoms with van der Waals surface area (Å²) in [7, 11) is 0. The van der Waals surface area contributed by atoms with Crippen LogP contribution in [0.3, 0.4) is 0 Å². The molecule has 1 atom stereocenters. The van der Waals surface area contributed by atoms with Crippen LogP contribution in [0.1, 0.15) is 26.7 Å². The molecule has 0 aliphatic carbocycles. The smallest absolute Gasteiger partial charge is 0.310 e. The summed E-state index contributed by atoms with van der Waals surface area (Å²) in [6.07, 6.45) is 0.233. The Morgan fingerprint density at radius 1 is 1.45 bits per heavy atom. The molecule has 0 spiro atoms. The molecule has 1 aromatic rings. The Morgan fingerprint density at radius 3 is 2.65 bits per heavy atom. The summed E-state index contributed by atoms with van der Waals surface area (Å²) in [5.41, 5.74) is -0.908. The number of nitrogens with zero attached hydrogens (tertiary/aromatic N) is 3. The number of carboxylic acid groups (broad SMARTS) is 1. The van der Waals surface area contributed by atoms with Crippen molar-refractivity contribution in [1.29, 1.82) is 0 Å². The lowest BCUT2D eigenvalue weighted by atomic mass is 9.76. The van der Waals surface area contributed by atoms with Crippen LogP contribution in [0.5, 0.6) is 0 Å². The summed E-state index contributed by atoms with van der Waals surface area (Å²) in [5, 5.41) is 13.3. The van der Waals surface area contributed by atoms with Gasteiger partial charge in [-0.2, -0.15) is 4.98 Å². The Balaban J connectivity index is 2.10. The highest BCUT2D eigenvalue weighted by Crippen LogP contribution is 2.31. The van der Waals surface area contributed by atoms with Crippen molar-refractivity contribution in [2.24, 2.45) is 11.3 Å². The molecule has 7 nitrogen and oxygen atoms in total. The fourth-order valence-electron chi connectivity index (χ4n) is 2.05. The van der Waals surface area contributed by atoms with Gasteiger partial charge in [-0.05, 0) is 18.0 Å². The highest BCUT2D eigenvalue weighted by molar-refractivity contribution is 5.74. The minimum Gasteiger partial charge on any atom is -0.481 e. The Bertz CT molecular complexity index is 468. The predicted molar refractivity (Wildman–Crippen MR) is 71.6 cm³/mol. The van der Waals surface area contributed by atoms with Crippen molar-refractivity contribution in [3.05, 3.63) is 5.89 Å². The summed E-state index contributed by atoms with van der Waals surface area (Å²) in [5.74, 6) is 0.00208. The van der Waals surface area contributed by atoms with E-state index in [1.54, 1.807) is 6.92 Å². The van der Waals surface area contributed by atoms with Crippen molar-refractivity contribution in [3.8, 4) is 0 Å². The molecular formula is C13H21N3O4. The number of carboxylic acids is 1. The molecule has 2 heterocycles. The Morgan fingerprint density at radius 2 is 2.10 bits per heavy atom. The molecule has 1 aliphatic rings. The third-order valence-electron chi connectivity index (χ3n) is 4.03. The van der Waals surface area contributed by atoms with Crippen LogP contribution in [0.2, 0.25) is 0 Å². The average molecular weight is 283 g/mol. The second-order valence-corrected chi connectivity index (χ2v) is 5.64. The molecule has 7 heteroatoms. The molecule has 1 saturated heterocycles. The van der Waals surface area contributed by atoms with Gasteiger partial charge >= 0.3 is 5.97 Å². The molecule has 2 rings (SSSR count). The number of anilines is 1. The fraction of sp³-hybridized carbons (Fsp3) is 0.769. The molecule has 1 aliphatic heterocycles. The molecule has 0 bridgehead atoms. The number of aromatic nitrogens is 2. The lowest BCUT2D eigenvalue weighted by Crippen LogP contribution is -2.37. The normalized spacial score (nSPS) is 19.1. The highest BCUT2D eigenvalue weighted by Gasteiger charge is 2.38. The monoisotopic (exact) mass is 283 g/mol. The summed E-state index contributed by atoms with van der Waals surface area (Å²) >= 11 is 0. The van der Waals surface area contributed by atoms with Crippen molar-refractivity contribution < 1.29 is 19.2 Å². The first-order chi connectivity index (χ1) is 9.43. The summed E-state index contributed by atoms with van der Waals surface area (Å²) in [6.45, 7) is 8.20. The number of ether oxygens (including phenoxy) is 1. The maximum Gasteiger partial charge on any atom is 0.310 e. The largest absolute Gasteiger partial charge is 0.481 e. The van der Waals surface area contributed by atoms with E-state index >= 15 is 0 Å². The third kappa shape index (κ3) is 2.92. The first kappa shape index (κ1) is 14.8.